The monoisotopic (exact) mass is 201 g/mol. The van der Waals surface area contributed by atoms with Gasteiger partial charge in [-0.3, -0.25) is 0 Å². The molecule has 0 radical (unpaired) electrons. The third-order valence-electron chi connectivity index (χ3n) is 2.83. The molecular formula is C12H27NO. The standard InChI is InChI=1S/C12H27NO/c1-3-5-7-9-12(8-6-4-2)10-11-14-13/h12H,3-11,13H2,1-2H3. The maximum Gasteiger partial charge on any atom is 0.0681 e. The van der Waals surface area contributed by atoms with Crippen molar-refractivity contribution in [2.45, 2.75) is 65.2 Å². The predicted octanol–water partition coefficient (Wildman–Crippen LogP) is 3.65. The summed E-state index contributed by atoms with van der Waals surface area (Å²) >= 11 is 0. The van der Waals surface area contributed by atoms with Crippen LogP contribution < -0.4 is 5.90 Å². The van der Waals surface area contributed by atoms with Gasteiger partial charge in [0.2, 0.25) is 0 Å². The van der Waals surface area contributed by atoms with Gasteiger partial charge in [-0.25, -0.2) is 5.90 Å². The molecule has 0 aromatic heterocycles. The minimum absolute atomic E-state index is 0.723. The largest absolute Gasteiger partial charge is 0.305 e. The second kappa shape index (κ2) is 11.0. The Morgan fingerprint density at radius 2 is 1.57 bits per heavy atom. The van der Waals surface area contributed by atoms with E-state index in [4.69, 9.17) is 5.90 Å². The van der Waals surface area contributed by atoms with E-state index in [2.05, 4.69) is 18.7 Å². The Labute approximate surface area is 89.2 Å². The van der Waals surface area contributed by atoms with E-state index >= 15 is 0 Å². The molecule has 2 nitrogen and oxygen atoms in total. The summed E-state index contributed by atoms with van der Waals surface area (Å²) in [7, 11) is 0. The van der Waals surface area contributed by atoms with E-state index in [9.17, 15) is 0 Å². The van der Waals surface area contributed by atoms with Crippen LogP contribution in [0.25, 0.3) is 0 Å². The molecular weight excluding hydrogens is 174 g/mol. The number of rotatable bonds is 10. The lowest BCUT2D eigenvalue weighted by atomic mass is 9.93. The van der Waals surface area contributed by atoms with Crippen LogP contribution in [-0.4, -0.2) is 6.61 Å². The maximum atomic E-state index is 5.06. The lowest BCUT2D eigenvalue weighted by molar-refractivity contribution is 0.119. The summed E-state index contributed by atoms with van der Waals surface area (Å²) in [4.78, 5) is 4.66. The van der Waals surface area contributed by atoms with Crippen molar-refractivity contribution in [2.75, 3.05) is 6.61 Å². The van der Waals surface area contributed by atoms with Gasteiger partial charge in [0.25, 0.3) is 0 Å². The van der Waals surface area contributed by atoms with Crippen LogP contribution in [0.3, 0.4) is 0 Å². The van der Waals surface area contributed by atoms with Gasteiger partial charge in [-0.05, 0) is 12.3 Å². The summed E-state index contributed by atoms with van der Waals surface area (Å²) in [6.07, 6.45) is 10.5. The van der Waals surface area contributed by atoms with Gasteiger partial charge < -0.3 is 4.84 Å². The highest BCUT2D eigenvalue weighted by molar-refractivity contribution is 4.59. The molecule has 2 N–H and O–H groups in total. The lowest BCUT2D eigenvalue weighted by Crippen LogP contribution is -2.08. The molecule has 14 heavy (non-hydrogen) atoms. The highest BCUT2D eigenvalue weighted by Gasteiger charge is 2.07. The van der Waals surface area contributed by atoms with Crippen molar-refractivity contribution in [1.82, 2.24) is 0 Å². The zero-order valence-electron chi connectivity index (χ0n) is 9.93. The molecule has 0 fully saturated rings. The van der Waals surface area contributed by atoms with Crippen LogP contribution in [0.15, 0.2) is 0 Å². The Morgan fingerprint density at radius 1 is 0.929 bits per heavy atom. The molecule has 0 spiro atoms. The Balaban J connectivity index is 3.49. The van der Waals surface area contributed by atoms with E-state index in [1.165, 1.54) is 44.9 Å². The molecule has 0 saturated heterocycles. The van der Waals surface area contributed by atoms with Gasteiger partial charge in [0.05, 0.1) is 6.61 Å². The smallest absolute Gasteiger partial charge is 0.0681 e. The molecule has 0 heterocycles. The molecule has 0 aliphatic rings. The van der Waals surface area contributed by atoms with Crippen LogP contribution in [0.4, 0.5) is 0 Å². The second-order valence-corrected chi connectivity index (χ2v) is 4.16. The van der Waals surface area contributed by atoms with Gasteiger partial charge in [0.15, 0.2) is 0 Å². The lowest BCUT2D eigenvalue weighted by Gasteiger charge is -2.15. The van der Waals surface area contributed by atoms with Crippen LogP contribution in [-0.2, 0) is 4.84 Å². The van der Waals surface area contributed by atoms with Gasteiger partial charge >= 0.3 is 0 Å². The molecule has 0 aromatic carbocycles. The van der Waals surface area contributed by atoms with Crippen molar-refractivity contribution in [1.29, 1.82) is 0 Å². The number of nitrogens with two attached hydrogens (primary N) is 1. The molecule has 2 heteroatoms. The highest BCUT2D eigenvalue weighted by atomic mass is 16.6. The van der Waals surface area contributed by atoms with E-state index in [1.807, 2.05) is 0 Å². The Morgan fingerprint density at radius 3 is 2.14 bits per heavy atom. The highest BCUT2D eigenvalue weighted by Crippen LogP contribution is 2.20. The fraction of sp³-hybridized carbons (Fsp3) is 1.00. The fourth-order valence-electron chi connectivity index (χ4n) is 1.84. The number of hydrogen-bond acceptors (Lipinski definition) is 2. The predicted molar refractivity (Wildman–Crippen MR) is 61.9 cm³/mol. The van der Waals surface area contributed by atoms with E-state index in [-0.39, 0.29) is 0 Å². The van der Waals surface area contributed by atoms with Crippen molar-refractivity contribution in [3.63, 3.8) is 0 Å². The van der Waals surface area contributed by atoms with Crippen molar-refractivity contribution in [3.8, 4) is 0 Å². The van der Waals surface area contributed by atoms with E-state index in [1.54, 1.807) is 0 Å². The Hall–Kier alpha value is -0.0800. The Bertz CT molecular complexity index is 98.5. The van der Waals surface area contributed by atoms with Crippen molar-refractivity contribution in [2.24, 2.45) is 11.8 Å². The van der Waals surface area contributed by atoms with E-state index in [0.29, 0.717) is 0 Å². The summed E-state index contributed by atoms with van der Waals surface area (Å²) in [5.74, 6) is 5.90. The first kappa shape index (κ1) is 13.9. The zero-order chi connectivity index (χ0) is 10.6. The average Bonchev–Trinajstić information content (AvgIpc) is 2.21. The quantitative estimate of drug-likeness (QED) is 0.432. The third-order valence-corrected chi connectivity index (χ3v) is 2.83. The number of unbranched alkanes of at least 4 members (excludes halogenated alkanes) is 3. The molecule has 0 aliphatic heterocycles. The summed E-state index contributed by atoms with van der Waals surface area (Å²) in [5, 5.41) is 0. The van der Waals surface area contributed by atoms with Gasteiger partial charge in [-0.15, -0.1) is 0 Å². The zero-order valence-corrected chi connectivity index (χ0v) is 9.93. The third kappa shape index (κ3) is 8.52. The Kier molecular flexibility index (Phi) is 10.9. The average molecular weight is 201 g/mol. The molecule has 0 saturated carbocycles. The normalized spacial score (nSPS) is 13.1. The number of hydrogen-bond donors (Lipinski definition) is 1. The minimum atomic E-state index is 0.723. The molecule has 0 amide bonds. The molecule has 86 valence electrons. The van der Waals surface area contributed by atoms with Crippen LogP contribution in [0, 0.1) is 5.92 Å². The first-order valence-corrected chi connectivity index (χ1v) is 6.16. The van der Waals surface area contributed by atoms with Crippen LogP contribution in [0.5, 0.6) is 0 Å². The van der Waals surface area contributed by atoms with Crippen molar-refractivity contribution >= 4 is 0 Å². The summed E-state index contributed by atoms with van der Waals surface area (Å²) in [5.41, 5.74) is 0. The molecule has 1 unspecified atom stereocenters. The first-order valence-electron chi connectivity index (χ1n) is 6.16. The second-order valence-electron chi connectivity index (χ2n) is 4.16. The van der Waals surface area contributed by atoms with Crippen LogP contribution >= 0.6 is 0 Å². The first-order chi connectivity index (χ1) is 6.85. The van der Waals surface area contributed by atoms with Gasteiger partial charge in [0, 0.05) is 0 Å². The summed E-state index contributed by atoms with van der Waals surface area (Å²) < 4.78 is 0. The van der Waals surface area contributed by atoms with Gasteiger partial charge in [-0.2, -0.15) is 0 Å². The molecule has 0 aliphatic carbocycles. The van der Waals surface area contributed by atoms with Gasteiger partial charge in [-0.1, -0.05) is 58.8 Å². The fourth-order valence-corrected chi connectivity index (χ4v) is 1.84. The van der Waals surface area contributed by atoms with Crippen molar-refractivity contribution in [3.05, 3.63) is 0 Å². The minimum Gasteiger partial charge on any atom is -0.305 e. The summed E-state index contributed by atoms with van der Waals surface area (Å²) in [6, 6.07) is 0. The van der Waals surface area contributed by atoms with Crippen LogP contribution in [0.1, 0.15) is 65.2 Å². The molecule has 1 atom stereocenters. The maximum absolute atomic E-state index is 5.06. The molecule has 0 bridgehead atoms. The SMILES string of the molecule is CCCCCC(CCCC)CCON. The molecule has 0 rings (SSSR count). The van der Waals surface area contributed by atoms with Crippen LogP contribution in [0.2, 0.25) is 0 Å². The topological polar surface area (TPSA) is 35.2 Å². The molecule has 0 aromatic rings. The summed E-state index contributed by atoms with van der Waals surface area (Å²) in [6.45, 7) is 5.23. The van der Waals surface area contributed by atoms with Gasteiger partial charge in [0.1, 0.15) is 0 Å². The van der Waals surface area contributed by atoms with E-state index in [0.717, 1.165) is 18.9 Å². The van der Waals surface area contributed by atoms with E-state index < -0.39 is 0 Å². The van der Waals surface area contributed by atoms with Crippen molar-refractivity contribution < 1.29 is 4.84 Å².